The van der Waals surface area contributed by atoms with Gasteiger partial charge in [-0.3, -0.25) is 9.67 Å². The average Bonchev–Trinajstić information content (AvgIpc) is 3.14. The Kier molecular flexibility index (Phi) is 7.62. The summed E-state index contributed by atoms with van der Waals surface area (Å²) in [6.45, 7) is 8.48. The molecule has 1 atom stereocenters. The molecule has 2 aromatic carbocycles. The van der Waals surface area contributed by atoms with Crippen molar-refractivity contribution < 1.29 is 18.6 Å². The first-order chi connectivity index (χ1) is 17.5. The fraction of sp³-hybridized carbons (Fsp3) is 0.379. The second-order valence-corrected chi connectivity index (χ2v) is 10.4. The largest absolute Gasteiger partial charge is 0.489 e. The predicted octanol–water partition coefficient (Wildman–Crippen LogP) is 5.64. The number of pyridine rings is 1. The summed E-state index contributed by atoms with van der Waals surface area (Å²) in [6, 6.07) is 10.2. The predicted molar refractivity (Wildman–Crippen MR) is 141 cm³/mol. The smallest absolute Gasteiger partial charge is 0.201 e. The zero-order valence-corrected chi connectivity index (χ0v) is 22.2. The molecule has 2 heterocycles. The van der Waals surface area contributed by atoms with Gasteiger partial charge in [0.1, 0.15) is 6.10 Å². The van der Waals surface area contributed by atoms with E-state index in [1.54, 1.807) is 10.9 Å². The van der Waals surface area contributed by atoms with E-state index in [1.165, 1.54) is 6.07 Å². The van der Waals surface area contributed by atoms with Crippen molar-refractivity contribution in [2.75, 3.05) is 13.7 Å². The molecule has 0 radical (unpaired) electrons. The minimum Gasteiger partial charge on any atom is -0.489 e. The number of benzene rings is 2. The van der Waals surface area contributed by atoms with Crippen molar-refractivity contribution in [1.82, 2.24) is 20.1 Å². The van der Waals surface area contributed by atoms with Gasteiger partial charge in [0.05, 0.1) is 17.8 Å². The Balaban J connectivity index is 1.67. The summed E-state index contributed by atoms with van der Waals surface area (Å²) in [5.41, 5.74) is 4.93. The number of aliphatic hydroxyl groups is 1. The summed E-state index contributed by atoms with van der Waals surface area (Å²) >= 11 is 0. The highest BCUT2D eigenvalue weighted by molar-refractivity contribution is 5.88. The van der Waals surface area contributed by atoms with Crippen LogP contribution in [0.15, 0.2) is 42.6 Å². The lowest BCUT2D eigenvalue weighted by Gasteiger charge is -2.25. The number of nitrogens with one attached hydrogen (secondary N) is 1. The maximum atomic E-state index is 15.1. The molecule has 0 amide bonds. The van der Waals surface area contributed by atoms with Gasteiger partial charge in [0.15, 0.2) is 11.6 Å². The number of ether oxygens (including phenoxy) is 1. The SMILES string of the molecule is CNCc1ccnc2ccc(-c3ccc(F)c(F)c3OCCc3c(C(O)C(C)(C)C)nn(C)c3C)cc12. The molecule has 0 spiro atoms. The molecule has 196 valence electrons. The van der Waals surface area contributed by atoms with E-state index in [4.69, 9.17) is 4.74 Å². The molecule has 37 heavy (non-hydrogen) atoms. The van der Waals surface area contributed by atoms with Crippen LogP contribution >= 0.6 is 0 Å². The first-order valence-corrected chi connectivity index (χ1v) is 12.4. The number of hydrogen-bond acceptors (Lipinski definition) is 5. The van der Waals surface area contributed by atoms with E-state index in [0.717, 1.165) is 33.8 Å². The van der Waals surface area contributed by atoms with Crippen molar-refractivity contribution in [3.8, 4) is 16.9 Å². The molecule has 0 aliphatic rings. The Labute approximate surface area is 216 Å². The molecular weight excluding hydrogens is 474 g/mol. The minimum absolute atomic E-state index is 0.0872. The second kappa shape index (κ2) is 10.6. The summed E-state index contributed by atoms with van der Waals surface area (Å²) in [7, 11) is 3.69. The molecule has 0 fully saturated rings. The van der Waals surface area contributed by atoms with E-state index in [2.05, 4.69) is 15.4 Å². The third-order valence-corrected chi connectivity index (χ3v) is 6.73. The van der Waals surface area contributed by atoms with Crippen molar-refractivity contribution in [3.05, 3.63) is 76.7 Å². The first kappa shape index (κ1) is 26.7. The van der Waals surface area contributed by atoms with Gasteiger partial charge in [0.2, 0.25) is 5.82 Å². The molecule has 0 saturated heterocycles. The summed E-state index contributed by atoms with van der Waals surface area (Å²) in [6.07, 6.45) is 1.36. The van der Waals surface area contributed by atoms with Crippen molar-refractivity contribution >= 4 is 10.9 Å². The topological polar surface area (TPSA) is 72.2 Å². The zero-order valence-electron chi connectivity index (χ0n) is 22.2. The monoisotopic (exact) mass is 508 g/mol. The van der Waals surface area contributed by atoms with E-state index in [0.29, 0.717) is 29.8 Å². The molecule has 4 aromatic rings. The van der Waals surface area contributed by atoms with Crippen molar-refractivity contribution in [1.29, 1.82) is 0 Å². The maximum Gasteiger partial charge on any atom is 0.201 e. The lowest BCUT2D eigenvalue weighted by atomic mass is 9.85. The molecule has 0 saturated carbocycles. The van der Waals surface area contributed by atoms with Gasteiger partial charge in [-0.05, 0) is 60.8 Å². The number of fused-ring (bicyclic) bond motifs is 1. The highest BCUT2D eigenvalue weighted by Gasteiger charge is 2.30. The Morgan fingerprint density at radius 2 is 1.89 bits per heavy atom. The molecular formula is C29H34F2N4O2. The zero-order chi connectivity index (χ0) is 26.9. The fourth-order valence-electron chi connectivity index (χ4n) is 4.49. The Morgan fingerprint density at radius 1 is 1.14 bits per heavy atom. The third kappa shape index (κ3) is 5.36. The number of aromatic nitrogens is 3. The van der Waals surface area contributed by atoms with Crippen LogP contribution in [0.2, 0.25) is 0 Å². The van der Waals surface area contributed by atoms with Crippen molar-refractivity contribution in [2.24, 2.45) is 12.5 Å². The summed E-state index contributed by atoms with van der Waals surface area (Å²) in [5, 5.41) is 19.5. The molecule has 2 N–H and O–H groups in total. The lowest BCUT2D eigenvalue weighted by molar-refractivity contribution is 0.0575. The average molecular weight is 509 g/mol. The highest BCUT2D eigenvalue weighted by atomic mass is 19.2. The van der Waals surface area contributed by atoms with Gasteiger partial charge in [0, 0.05) is 48.4 Å². The van der Waals surface area contributed by atoms with Gasteiger partial charge >= 0.3 is 0 Å². The van der Waals surface area contributed by atoms with E-state index in [1.807, 2.05) is 66.1 Å². The van der Waals surface area contributed by atoms with Crippen molar-refractivity contribution in [2.45, 2.75) is 46.8 Å². The number of halogens is 2. The molecule has 8 heteroatoms. The molecule has 1 unspecified atom stereocenters. The molecule has 4 rings (SSSR count). The van der Waals surface area contributed by atoms with Gasteiger partial charge in [-0.1, -0.05) is 26.8 Å². The number of nitrogens with zero attached hydrogens (tertiary/aromatic N) is 3. The van der Waals surface area contributed by atoms with Crippen molar-refractivity contribution in [3.63, 3.8) is 0 Å². The van der Waals surface area contributed by atoms with Gasteiger partial charge in [-0.25, -0.2) is 4.39 Å². The summed E-state index contributed by atoms with van der Waals surface area (Å²) < 4.78 is 37.0. The normalized spacial score (nSPS) is 12.8. The van der Waals surface area contributed by atoms with E-state index in [9.17, 15) is 9.50 Å². The third-order valence-electron chi connectivity index (χ3n) is 6.73. The van der Waals surface area contributed by atoms with Crippen LogP contribution in [0.5, 0.6) is 5.75 Å². The standard InChI is InChI=1S/C29H34F2N4O2/c1-17-20(26(34-35(17)6)28(36)29(2,3)4)12-14-37-27-21(8-9-23(30)25(27)31)18-7-10-24-22(15-18)19(16-32-5)11-13-33-24/h7-11,13,15,28,32,36H,12,14,16H2,1-6H3. The Hall–Kier alpha value is -3.36. The van der Waals surface area contributed by atoms with Gasteiger partial charge < -0.3 is 15.2 Å². The van der Waals surface area contributed by atoms with Crippen LogP contribution in [-0.4, -0.2) is 33.5 Å². The van der Waals surface area contributed by atoms with Gasteiger partial charge in [-0.2, -0.15) is 9.49 Å². The number of rotatable bonds is 8. The lowest BCUT2D eigenvalue weighted by Crippen LogP contribution is -2.20. The number of aliphatic hydroxyl groups excluding tert-OH is 1. The van der Waals surface area contributed by atoms with Crippen LogP contribution < -0.4 is 10.1 Å². The Bertz CT molecular complexity index is 1430. The minimum atomic E-state index is -1.03. The van der Waals surface area contributed by atoms with E-state index < -0.39 is 23.2 Å². The number of aryl methyl sites for hydroxylation is 1. The van der Waals surface area contributed by atoms with Gasteiger partial charge in [-0.15, -0.1) is 0 Å². The quantitative estimate of drug-likeness (QED) is 0.322. The summed E-state index contributed by atoms with van der Waals surface area (Å²) in [4.78, 5) is 4.42. The van der Waals surface area contributed by atoms with Crippen LogP contribution in [0, 0.1) is 24.0 Å². The highest BCUT2D eigenvalue weighted by Crippen LogP contribution is 2.37. The molecule has 0 aliphatic carbocycles. The van der Waals surface area contributed by atoms with E-state index >= 15 is 4.39 Å². The number of hydrogen-bond donors (Lipinski definition) is 2. The van der Waals surface area contributed by atoms with Crippen LogP contribution in [0.4, 0.5) is 8.78 Å². The van der Waals surface area contributed by atoms with E-state index in [-0.39, 0.29) is 12.4 Å². The van der Waals surface area contributed by atoms with Crippen LogP contribution in [0.3, 0.4) is 0 Å². The van der Waals surface area contributed by atoms with Crippen LogP contribution in [0.25, 0.3) is 22.0 Å². The Morgan fingerprint density at radius 3 is 2.59 bits per heavy atom. The molecule has 0 bridgehead atoms. The second-order valence-electron chi connectivity index (χ2n) is 10.4. The first-order valence-electron chi connectivity index (χ1n) is 12.4. The molecule has 2 aromatic heterocycles. The molecule has 6 nitrogen and oxygen atoms in total. The molecule has 0 aliphatic heterocycles. The van der Waals surface area contributed by atoms with Crippen LogP contribution in [0.1, 0.15) is 49.4 Å². The fourth-order valence-corrected chi connectivity index (χ4v) is 4.49. The maximum absolute atomic E-state index is 15.1. The van der Waals surface area contributed by atoms with Crippen LogP contribution in [-0.2, 0) is 20.0 Å². The summed E-state index contributed by atoms with van der Waals surface area (Å²) in [5.74, 6) is -2.14. The van der Waals surface area contributed by atoms with Gasteiger partial charge in [0.25, 0.3) is 0 Å².